The van der Waals surface area contributed by atoms with Gasteiger partial charge in [0.2, 0.25) is 0 Å². The molecule has 1 aliphatic rings. The molecule has 0 spiro atoms. The minimum atomic E-state index is 0.633. The van der Waals surface area contributed by atoms with Crippen LogP contribution >= 0.6 is 0 Å². The van der Waals surface area contributed by atoms with E-state index in [4.69, 9.17) is 16.1 Å². The number of aromatic nitrogens is 2. The lowest BCUT2D eigenvalue weighted by molar-refractivity contribution is 0.297. The van der Waals surface area contributed by atoms with Gasteiger partial charge in [-0.1, -0.05) is 19.9 Å². The van der Waals surface area contributed by atoms with Crippen LogP contribution in [0.5, 0.6) is 0 Å². The third kappa shape index (κ3) is 3.37. The van der Waals surface area contributed by atoms with Gasteiger partial charge < -0.3 is 16.1 Å². The Morgan fingerprint density at radius 1 is 1.06 bits per heavy atom. The Morgan fingerprint density at radius 3 is 2.59 bits per heavy atom. The average molecular weight is 426 g/mol. The topological polar surface area (TPSA) is 81.8 Å². The molecule has 32 heavy (non-hydrogen) atoms. The van der Waals surface area contributed by atoms with E-state index in [1.165, 1.54) is 52.0 Å². The highest BCUT2D eigenvalue weighted by Gasteiger charge is 2.22. The van der Waals surface area contributed by atoms with Gasteiger partial charge in [0.05, 0.1) is 11.2 Å². The lowest BCUT2D eigenvalue weighted by Crippen LogP contribution is -2.22. The number of hydrogen-bond acceptors (Lipinski definition) is 4. The number of nitrogen functional groups attached to an aromatic ring is 1. The SMILES string of the molecule is CCN(CC)Cc1c[nH]c2ccc3nc(-c4ccc(N)c(C=N)c4)c4c(c3c12)CCCC4. The molecule has 0 saturated heterocycles. The van der Waals surface area contributed by atoms with Gasteiger partial charge in [-0.05, 0) is 79.7 Å². The Kier molecular flexibility index (Phi) is 5.43. The standard InChI is InChI=1S/C27H31N5/c1-3-32(4-2)16-19-15-30-23-11-12-24-26(25(19)23)20-7-5-6-8-21(20)27(31-24)17-9-10-22(29)18(13-17)14-28/h9-15,28,30H,3-8,16,29H2,1-2H3. The maximum absolute atomic E-state index is 7.71. The van der Waals surface area contributed by atoms with Crippen molar-refractivity contribution >= 4 is 33.7 Å². The number of anilines is 1. The fourth-order valence-electron chi connectivity index (χ4n) is 5.21. The number of hydrogen-bond donors (Lipinski definition) is 3. The largest absolute Gasteiger partial charge is 0.398 e. The number of rotatable bonds is 6. The number of fused-ring (bicyclic) bond motifs is 5. The third-order valence-electron chi connectivity index (χ3n) is 7.00. The number of aromatic amines is 1. The molecular weight excluding hydrogens is 394 g/mol. The van der Waals surface area contributed by atoms with Gasteiger partial charge in [-0.25, -0.2) is 4.98 Å². The average Bonchev–Trinajstić information content (AvgIpc) is 3.25. The van der Waals surface area contributed by atoms with E-state index in [1.54, 1.807) is 0 Å². The number of H-pyrrole nitrogens is 1. The van der Waals surface area contributed by atoms with Crippen LogP contribution in [0.15, 0.2) is 36.5 Å². The molecule has 0 radical (unpaired) electrons. The first kappa shape index (κ1) is 20.7. The third-order valence-corrected chi connectivity index (χ3v) is 7.00. The molecule has 0 aliphatic heterocycles. The van der Waals surface area contributed by atoms with E-state index in [-0.39, 0.29) is 0 Å². The second-order valence-corrected chi connectivity index (χ2v) is 8.77. The number of nitrogens with two attached hydrogens (primary N) is 1. The molecule has 5 nitrogen and oxygen atoms in total. The molecular formula is C27H31N5. The van der Waals surface area contributed by atoms with Crippen LogP contribution in [0.2, 0.25) is 0 Å². The molecule has 0 unspecified atom stereocenters. The van der Waals surface area contributed by atoms with Crippen LogP contribution in [0.4, 0.5) is 5.69 Å². The Hall–Kier alpha value is -3.18. The van der Waals surface area contributed by atoms with Gasteiger partial charge in [-0.3, -0.25) is 4.90 Å². The summed E-state index contributed by atoms with van der Waals surface area (Å²) in [4.78, 5) is 11.2. The number of nitrogens with zero attached hydrogens (tertiary/aromatic N) is 2. The zero-order valence-corrected chi connectivity index (χ0v) is 19.0. The summed E-state index contributed by atoms with van der Waals surface area (Å²) >= 11 is 0. The second-order valence-electron chi connectivity index (χ2n) is 8.77. The van der Waals surface area contributed by atoms with E-state index in [0.29, 0.717) is 5.69 Å². The lowest BCUT2D eigenvalue weighted by Gasteiger charge is -2.23. The molecule has 4 aromatic rings. The molecule has 2 aromatic heterocycles. The first-order valence-electron chi connectivity index (χ1n) is 11.7. The van der Waals surface area contributed by atoms with E-state index in [9.17, 15) is 0 Å². The van der Waals surface area contributed by atoms with E-state index < -0.39 is 0 Å². The van der Waals surface area contributed by atoms with Gasteiger partial charge in [0.25, 0.3) is 0 Å². The Labute approximate surface area is 189 Å². The Balaban J connectivity index is 1.78. The molecule has 2 aromatic carbocycles. The summed E-state index contributed by atoms with van der Waals surface area (Å²) in [6, 6.07) is 10.3. The summed E-state index contributed by atoms with van der Waals surface area (Å²) in [5.41, 5.74) is 16.0. The zero-order valence-electron chi connectivity index (χ0n) is 19.0. The van der Waals surface area contributed by atoms with Crippen LogP contribution in [-0.4, -0.2) is 34.2 Å². The van der Waals surface area contributed by atoms with Crippen molar-refractivity contribution < 1.29 is 0 Å². The molecule has 4 N–H and O–H groups in total. The predicted octanol–water partition coefficient (Wildman–Crippen LogP) is 5.68. The van der Waals surface area contributed by atoms with Gasteiger partial charge in [-0.2, -0.15) is 0 Å². The molecule has 0 amide bonds. The van der Waals surface area contributed by atoms with Crippen LogP contribution < -0.4 is 5.73 Å². The van der Waals surface area contributed by atoms with E-state index in [2.05, 4.69) is 42.1 Å². The van der Waals surface area contributed by atoms with Crippen molar-refractivity contribution in [2.24, 2.45) is 0 Å². The number of benzene rings is 2. The van der Waals surface area contributed by atoms with Gasteiger partial charge in [-0.15, -0.1) is 0 Å². The second kappa shape index (κ2) is 8.40. The molecule has 0 bridgehead atoms. The maximum Gasteiger partial charge on any atom is 0.0744 e. The molecule has 0 atom stereocenters. The fourth-order valence-corrected chi connectivity index (χ4v) is 5.21. The van der Waals surface area contributed by atoms with E-state index >= 15 is 0 Å². The van der Waals surface area contributed by atoms with Crippen LogP contribution in [0, 0.1) is 5.41 Å². The summed E-state index contributed by atoms with van der Waals surface area (Å²) < 4.78 is 0. The minimum absolute atomic E-state index is 0.633. The zero-order chi connectivity index (χ0) is 22.2. The number of pyridine rings is 1. The first-order valence-corrected chi connectivity index (χ1v) is 11.7. The predicted molar refractivity (Wildman–Crippen MR) is 135 cm³/mol. The Morgan fingerprint density at radius 2 is 1.84 bits per heavy atom. The quantitative estimate of drug-likeness (QED) is 0.274. The molecule has 5 rings (SSSR count). The monoisotopic (exact) mass is 425 g/mol. The van der Waals surface area contributed by atoms with Crippen molar-refractivity contribution in [1.29, 1.82) is 5.41 Å². The molecule has 164 valence electrons. The highest BCUT2D eigenvalue weighted by Crippen LogP contribution is 2.39. The minimum Gasteiger partial charge on any atom is -0.398 e. The molecule has 5 heteroatoms. The molecule has 0 fully saturated rings. The first-order chi connectivity index (χ1) is 15.6. The maximum atomic E-state index is 7.71. The summed E-state index contributed by atoms with van der Waals surface area (Å²) in [5.74, 6) is 0. The Bertz CT molecular complexity index is 1310. The summed E-state index contributed by atoms with van der Waals surface area (Å²) in [6.45, 7) is 7.48. The van der Waals surface area contributed by atoms with Crippen LogP contribution in [0.1, 0.15) is 48.9 Å². The molecule has 2 heterocycles. The molecule has 1 aliphatic carbocycles. The number of nitrogens with one attached hydrogen (secondary N) is 2. The van der Waals surface area contributed by atoms with Crippen molar-refractivity contribution in [3.63, 3.8) is 0 Å². The highest BCUT2D eigenvalue weighted by atomic mass is 15.1. The van der Waals surface area contributed by atoms with E-state index in [0.717, 1.165) is 54.8 Å². The smallest absolute Gasteiger partial charge is 0.0744 e. The van der Waals surface area contributed by atoms with Crippen LogP contribution in [0.25, 0.3) is 33.1 Å². The van der Waals surface area contributed by atoms with E-state index in [1.807, 2.05) is 18.2 Å². The van der Waals surface area contributed by atoms with Gasteiger partial charge in [0.15, 0.2) is 0 Å². The van der Waals surface area contributed by atoms with Gasteiger partial charge in [0.1, 0.15) is 0 Å². The van der Waals surface area contributed by atoms with Crippen LogP contribution in [0.3, 0.4) is 0 Å². The van der Waals surface area contributed by atoms with Crippen LogP contribution in [-0.2, 0) is 19.4 Å². The van der Waals surface area contributed by atoms with Crippen molar-refractivity contribution in [2.45, 2.75) is 46.1 Å². The lowest BCUT2D eigenvalue weighted by atomic mass is 9.85. The van der Waals surface area contributed by atoms with Gasteiger partial charge >= 0.3 is 0 Å². The van der Waals surface area contributed by atoms with Crippen molar-refractivity contribution in [2.75, 3.05) is 18.8 Å². The summed E-state index contributed by atoms with van der Waals surface area (Å²) in [5, 5.41) is 10.4. The summed E-state index contributed by atoms with van der Waals surface area (Å²) in [6.07, 6.45) is 8.05. The normalized spacial score (nSPS) is 13.7. The summed E-state index contributed by atoms with van der Waals surface area (Å²) in [7, 11) is 0. The van der Waals surface area contributed by atoms with Gasteiger partial charge in [0, 0.05) is 52.1 Å². The fraction of sp³-hybridized carbons (Fsp3) is 0.333. The highest BCUT2D eigenvalue weighted by molar-refractivity contribution is 6.10. The number of aryl methyl sites for hydroxylation is 1. The van der Waals surface area contributed by atoms with Crippen molar-refractivity contribution in [1.82, 2.24) is 14.9 Å². The van der Waals surface area contributed by atoms with Crippen molar-refractivity contribution in [3.05, 3.63) is 58.8 Å². The van der Waals surface area contributed by atoms with Crippen molar-refractivity contribution in [3.8, 4) is 11.3 Å². The molecule has 0 saturated carbocycles.